The Morgan fingerprint density at radius 1 is 1.42 bits per heavy atom. The molecule has 0 aromatic carbocycles. The van der Waals surface area contributed by atoms with Gasteiger partial charge in [-0.1, -0.05) is 6.07 Å². The van der Waals surface area contributed by atoms with Crippen molar-refractivity contribution in [2.24, 2.45) is 5.14 Å². The Morgan fingerprint density at radius 2 is 2.11 bits per heavy atom. The Labute approximate surface area is 108 Å². The van der Waals surface area contributed by atoms with E-state index in [-0.39, 0.29) is 5.82 Å². The lowest BCUT2D eigenvalue weighted by Crippen LogP contribution is -2.20. The van der Waals surface area contributed by atoms with Crippen LogP contribution in [0.5, 0.6) is 0 Å². The number of nitrogens with two attached hydrogens (primary N) is 1. The van der Waals surface area contributed by atoms with Gasteiger partial charge in [-0.2, -0.15) is 5.10 Å². The SMILES string of the molecule is Cc1cccc(-n2ncc(C(=O)O)c2S(N)(=O)=O)n1. The first-order valence-corrected chi connectivity index (χ1v) is 6.63. The lowest BCUT2D eigenvalue weighted by atomic mass is 10.3. The molecule has 0 atom stereocenters. The smallest absolute Gasteiger partial charge is 0.340 e. The third-order valence-electron chi connectivity index (χ3n) is 2.32. The average molecular weight is 282 g/mol. The minimum Gasteiger partial charge on any atom is -0.478 e. The summed E-state index contributed by atoms with van der Waals surface area (Å²) in [5.74, 6) is -1.25. The van der Waals surface area contributed by atoms with E-state index in [2.05, 4.69) is 10.1 Å². The molecule has 0 bridgehead atoms. The molecule has 0 spiro atoms. The average Bonchev–Trinajstić information content (AvgIpc) is 2.73. The maximum Gasteiger partial charge on any atom is 0.340 e. The van der Waals surface area contributed by atoms with Crippen molar-refractivity contribution in [3.8, 4) is 5.82 Å². The number of hydrogen-bond acceptors (Lipinski definition) is 5. The molecule has 2 heterocycles. The molecule has 9 heteroatoms. The molecule has 0 saturated carbocycles. The highest BCUT2D eigenvalue weighted by Gasteiger charge is 2.26. The zero-order valence-electron chi connectivity index (χ0n) is 9.81. The lowest BCUT2D eigenvalue weighted by molar-refractivity contribution is 0.0692. The molecule has 8 nitrogen and oxygen atoms in total. The van der Waals surface area contributed by atoms with Gasteiger partial charge in [-0.25, -0.2) is 28.0 Å². The van der Waals surface area contributed by atoms with Gasteiger partial charge in [0, 0.05) is 5.69 Å². The first kappa shape index (κ1) is 13.2. The first-order valence-electron chi connectivity index (χ1n) is 5.09. The molecule has 0 aliphatic rings. The zero-order chi connectivity index (χ0) is 14.2. The fraction of sp³-hybridized carbons (Fsp3) is 0.100. The number of aryl methyl sites for hydroxylation is 1. The Hall–Kier alpha value is -2.26. The van der Waals surface area contributed by atoms with E-state index in [1.807, 2.05) is 0 Å². The van der Waals surface area contributed by atoms with E-state index in [4.69, 9.17) is 10.2 Å². The molecular weight excluding hydrogens is 272 g/mol. The van der Waals surface area contributed by atoms with Gasteiger partial charge >= 0.3 is 5.97 Å². The van der Waals surface area contributed by atoms with Gasteiger partial charge in [-0.3, -0.25) is 0 Å². The molecule has 0 saturated heterocycles. The normalized spacial score (nSPS) is 11.5. The molecule has 0 fully saturated rings. The van der Waals surface area contributed by atoms with Gasteiger partial charge in [0.2, 0.25) is 0 Å². The van der Waals surface area contributed by atoms with Crippen molar-refractivity contribution < 1.29 is 18.3 Å². The van der Waals surface area contributed by atoms with Gasteiger partial charge < -0.3 is 5.11 Å². The summed E-state index contributed by atoms with van der Waals surface area (Å²) in [5.41, 5.74) is 0.135. The van der Waals surface area contributed by atoms with Gasteiger partial charge in [0.25, 0.3) is 10.0 Å². The highest BCUT2D eigenvalue weighted by Crippen LogP contribution is 2.18. The van der Waals surface area contributed by atoms with E-state index < -0.39 is 26.6 Å². The fourth-order valence-corrected chi connectivity index (χ4v) is 2.40. The third kappa shape index (κ3) is 2.46. The maximum atomic E-state index is 11.5. The van der Waals surface area contributed by atoms with E-state index in [0.717, 1.165) is 10.9 Å². The monoisotopic (exact) mass is 282 g/mol. The second kappa shape index (κ2) is 4.44. The number of sulfonamides is 1. The van der Waals surface area contributed by atoms with E-state index >= 15 is 0 Å². The number of pyridine rings is 1. The summed E-state index contributed by atoms with van der Waals surface area (Å²) in [5, 5.41) is 17.1. The van der Waals surface area contributed by atoms with Crippen LogP contribution in [0.4, 0.5) is 0 Å². The van der Waals surface area contributed by atoms with Crippen LogP contribution < -0.4 is 5.14 Å². The lowest BCUT2D eigenvalue weighted by Gasteiger charge is -2.06. The Morgan fingerprint density at radius 3 is 2.63 bits per heavy atom. The molecule has 0 amide bonds. The molecule has 3 N–H and O–H groups in total. The molecule has 100 valence electrons. The Kier molecular flexibility index (Phi) is 3.08. The summed E-state index contributed by atoms with van der Waals surface area (Å²) in [6, 6.07) is 4.86. The largest absolute Gasteiger partial charge is 0.478 e. The van der Waals surface area contributed by atoms with Crippen molar-refractivity contribution in [3.63, 3.8) is 0 Å². The molecular formula is C10H10N4O4S. The van der Waals surface area contributed by atoms with Crippen molar-refractivity contribution in [2.45, 2.75) is 11.9 Å². The number of nitrogens with zero attached hydrogens (tertiary/aromatic N) is 3. The second-order valence-electron chi connectivity index (χ2n) is 3.76. The number of carbonyl (C=O) groups is 1. The van der Waals surface area contributed by atoms with Crippen LogP contribution >= 0.6 is 0 Å². The summed E-state index contributed by atoms with van der Waals surface area (Å²) in [6.07, 6.45) is 0.923. The van der Waals surface area contributed by atoms with Crippen LogP contribution in [0, 0.1) is 6.92 Å². The fourth-order valence-electron chi connectivity index (χ4n) is 1.57. The molecule has 2 rings (SSSR count). The molecule has 0 radical (unpaired) electrons. The van der Waals surface area contributed by atoms with Crippen LogP contribution in [0.25, 0.3) is 5.82 Å². The van der Waals surface area contributed by atoms with E-state index in [1.165, 1.54) is 6.07 Å². The van der Waals surface area contributed by atoms with Crippen LogP contribution in [0.1, 0.15) is 16.1 Å². The van der Waals surface area contributed by atoms with Crippen LogP contribution in [-0.4, -0.2) is 34.3 Å². The first-order chi connectivity index (χ1) is 8.80. The Bertz CT molecular complexity index is 751. The van der Waals surface area contributed by atoms with E-state index in [0.29, 0.717) is 5.69 Å². The van der Waals surface area contributed by atoms with Crippen LogP contribution in [0.3, 0.4) is 0 Å². The number of hydrogen-bond donors (Lipinski definition) is 2. The maximum absolute atomic E-state index is 11.5. The van der Waals surface area contributed by atoms with Crippen molar-refractivity contribution in [2.75, 3.05) is 0 Å². The van der Waals surface area contributed by atoms with Crippen molar-refractivity contribution >= 4 is 16.0 Å². The second-order valence-corrected chi connectivity index (χ2v) is 5.24. The van der Waals surface area contributed by atoms with E-state index in [1.54, 1.807) is 19.1 Å². The van der Waals surface area contributed by atoms with E-state index in [9.17, 15) is 13.2 Å². The quantitative estimate of drug-likeness (QED) is 0.810. The topological polar surface area (TPSA) is 128 Å². The third-order valence-corrected chi connectivity index (χ3v) is 3.25. The molecule has 2 aromatic rings. The predicted octanol–water partition coefficient (Wildman–Crippen LogP) is -0.0787. The van der Waals surface area contributed by atoms with Gasteiger partial charge in [-0.15, -0.1) is 0 Å². The zero-order valence-corrected chi connectivity index (χ0v) is 10.6. The summed E-state index contributed by atoms with van der Waals surface area (Å²) in [4.78, 5) is 15.1. The van der Waals surface area contributed by atoms with Crippen LogP contribution in [-0.2, 0) is 10.0 Å². The molecule has 2 aromatic heterocycles. The standard InChI is InChI=1S/C10H10N4O4S/c1-6-3-2-4-8(13-6)14-9(19(11,17)18)7(5-12-14)10(15)16/h2-5H,1H3,(H,15,16)(H2,11,17,18). The van der Waals surface area contributed by atoms with Crippen molar-refractivity contribution in [3.05, 3.63) is 35.7 Å². The number of primary sulfonamides is 1. The summed E-state index contributed by atoms with van der Waals surface area (Å²) >= 11 is 0. The summed E-state index contributed by atoms with van der Waals surface area (Å²) < 4.78 is 23.9. The van der Waals surface area contributed by atoms with Gasteiger partial charge in [0.15, 0.2) is 10.8 Å². The van der Waals surface area contributed by atoms with Crippen LogP contribution in [0.15, 0.2) is 29.4 Å². The minimum absolute atomic E-state index is 0.177. The molecule has 0 unspecified atom stereocenters. The highest BCUT2D eigenvalue weighted by molar-refractivity contribution is 7.89. The van der Waals surface area contributed by atoms with Gasteiger partial charge in [0.05, 0.1) is 6.20 Å². The predicted molar refractivity (Wildman–Crippen MR) is 64.4 cm³/mol. The number of aromatic carboxylic acids is 1. The molecule has 19 heavy (non-hydrogen) atoms. The van der Waals surface area contributed by atoms with Gasteiger partial charge in [-0.05, 0) is 19.1 Å². The number of rotatable bonds is 3. The molecule has 0 aliphatic carbocycles. The van der Waals surface area contributed by atoms with Crippen molar-refractivity contribution in [1.82, 2.24) is 14.8 Å². The highest BCUT2D eigenvalue weighted by atomic mass is 32.2. The van der Waals surface area contributed by atoms with Crippen LogP contribution in [0.2, 0.25) is 0 Å². The summed E-state index contributed by atoms with van der Waals surface area (Å²) in [7, 11) is -4.25. The number of carboxylic acids is 1. The minimum atomic E-state index is -4.25. The number of aromatic nitrogens is 3. The summed E-state index contributed by atoms with van der Waals surface area (Å²) in [6.45, 7) is 1.71. The van der Waals surface area contributed by atoms with Crippen molar-refractivity contribution in [1.29, 1.82) is 0 Å². The molecule has 0 aliphatic heterocycles. The Balaban J connectivity index is 2.76. The number of carboxylic acid groups (broad SMARTS) is 1. The van der Waals surface area contributed by atoms with Gasteiger partial charge in [0.1, 0.15) is 5.56 Å².